The van der Waals surface area contributed by atoms with Crippen LogP contribution < -0.4 is 0 Å². The van der Waals surface area contributed by atoms with Crippen molar-refractivity contribution < 1.29 is 9.09 Å². The summed E-state index contributed by atoms with van der Waals surface area (Å²) < 4.78 is 21.0. The molecular weight excluding hydrogens is 257 g/mol. The van der Waals surface area contributed by atoms with Gasteiger partial charge in [-0.1, -0.05) is 36.4 Å². The lowest BCUT2D eigenvalue weighted by atomic mass is 10.0. The van der Waals surface area contributed by atoms with E-state index in [1.807, 2.05) is 35.0 Å². The fourth-order valence-corrected chi connectivity index (χ4v) is 5.58. The molecule has 1 saturated heterocycles. The molecule has 1 aliphatic heterocycles. The molecule has 0 amide bonds. The highest BCUT2D eigenvalue weighted by atomic mass is 31.2. The van der Waals surface area contributed by atoms with Gasteiger partial charge in [0.1, 0.15) is 6.10 Å². The Morgan fingerprint density at radius 1 is 1.42 bits per heavy atom. The Hall–Kier alpha value is -0.890. The molecule has 2 unspecified atom stereocenters. The summed E-state index contributed by atoms with van der Waals surface area (Å²) in [5, 5.41) is 0. The van der Waals surface area contributed by atoms with Crippen molar-refractivity contribution in [3.05, 3.63) is 48.6 Å². The highest BCUT2D eigenvalue weighted by Crippen LogP contribution is 2.63. The van der Waals surface area contributed by atoms with Crippen LogP contribution in [0.5, 0.6) is 0 Å². The summed E-state index contributed by atoms with van der Waals surface area (Å²) in [7, 11) is -2.80. The van der Waals surface area contributed by atoms with Crippen LogP contribution >= 0.6 is 7.52 Å². The van der Waals surface area contributed by atoms with E-state index in [0.29, 0.717) is 6.16 Å². The van der Waals surface area contributed by atoms with Crippen LogP contribution in [0.25, 0.3) is 0 Å². The van der Waals surface area contributed by atoms with Crippen LogP contribution in [0.2, 0.25) is 0 Å². The maximum Gasteiger partial charge on any atom is 0.277 e. The van der Waals surface area contributed by atoms with E-state index in [-0.39, 0.29) is 18.2 Å². The Kier molecular flexibility index (Phi) is 4.29. The van der Waals surface area contributed by atoms with Crippen molar-refractivity contribution in [2.24, 2.45) is 0 Å². The van der Waals surface area contributed by atoms with Crippen molar-refractivity contribution >= 4 is 7.52 Å². The summed E-state index contributed by atoms with van der Waals surface area (Å²) >= 11 is 0. The average Bonchev–Trinajstić information content (AvgIpc) is 2.62. The highest BCUT2D eigenvalue weighted by molar-refractivity contribution is 7.57. The summed E-state index contributed by atoms with van der Waals surface area (Å²) in [4.78, 5) is 0. The Labute approximate surface area is 115 Å². The molecule has 1 aromatic rings. The zero-order valence-electron chi connectivity index (χ0n) is 11.8. The lowest BCUT2D eigenvalue weighted by Gasteiger charge is -2.29. The Morgan fingerprint density at radius 3 is 2.58 bits per heavy atom. The average molecular weight is 279 g/mol. The number of allylic oxidation sites excluding steroid dienone is 1. The van der Waals surface area contributed by atoms with Gasteiger partial charge in [0, 0.05) is 12.1 Å². The van der Waals surface area contributed by atoms with Gasteiger partial charge in [-0.15, -0.1) is 6.58 Å². The first-order valence-electron chi connectivity index (χ1n) is 6.71. The molecule has 4 heteroatoms. The third kappa shape index (κ3) is 2.69. The minimum Gasteiger partial charge on any atom is -0.307 e. The van der Waals surface area contributed by atoms with E-state index in [0.717, 1.165) is 5.56 Å². The fourth-order valence-electron chi connectivity index (χ4n) is 2.84. The molecular formula is C15H22NO2P. The highest BCUT2D eigenvalue weighted by Gasteiger charge is 2.48. The monoisotopic (exact) mass is 279 g/mol. The van der Waals surface area contributed by atoms with Gasteiger partial charge < -0.3 is 4.52 Å². The van der Waals surface area contributed by atoms with Crippen LogP contribution in [0.3, 0.4) is 0 Å². The minimum absolute atomic E-state index is 0.105. The molecule has 0 bridgehead atoms. The first kappa shape index (κ1) is 14.5. The molecule has 0 radical (unpaired) electrons. The van der Waals surface area contributed by atoms with Crippen LogP contribution in [0, 0.1) is 0 Å². The molecule has 3 atom stereocenters. The van der Waals surface area contributed by atoms with Gasteiger partial charge in [-0.05, 0) is 26.3 Å². The molecule has 0 N–H and O–H groups in total. The lowest BCUT2D eigenvalue weighted by molar-refractivity contribution is 0.197. The summed E-state index contributed by atoms with van der Waals surface area (Å²) in [6, 6.07) is 10.3. The van der Waals surface area contributed by atoms with Crippen molar-refractivity contribution in [3.63, 3.8) is 0 Å². The summed E-state index contributed by atoms with van der Waals surface area (Å²) in [5.41, 5.74) is 1.09. The van der Waals surface area contributed by atoms with Gasteiger partial charge >= 0.3 is 0 Å². The predicted molar refractivity (Wildman–Crippen MR) is 79.4 cm³/mol. The minimum atomic E-state index is -2.80. The van der Waals surface area contributed by atoms with Crippen LogP contribution in [-0.2, 0) is 9.09 Å². The number of hydrogen-bond donors (Lipinski definition) is 0. The van der Waals surface area contributed by atoms with Crippen molar-refractivity contribution in [2.45, 2.75) is 39.0 Å². The van der Waals surface area contributed by atoms with E-state index in [1.165, 1.54) is 0 Å². The SMILES string of the molecule is C=CCP1(=O)O[C@H](c2ccccc2)C(C)N1C(C)C. The van der Waals surface area contributed by atoms with Gasteiger partial charge in [-0.2, -0.15) is 0 Å². The van der Waals surface area contributed by atoms with Crippen molar-refractivity contribution in [2.75, 3.05) is 6.16 Å². The molecule has 3 nitrogen and oxygen atoms in total. The predicted octanol–water partition coefficient (Wildman–Crippen LogP) is 4.24. The molecule has 1 heterocycles. The van der Waals surface area contributed by atoms with Crippen molar-refractivity contribution in [1.29, 1.82) is 0 Å². The summed E-state index contributed by atoms with van der Waals surface area (Å²) in [6.45, 7) is 9.91. The van der Waals surface area contributed by atoms with Gasteiger partial charge in [0.15, 0.2) is 0 Å². The fraction of sp³-hybridized carbons (Fsp3) is 0.467. The Bertz CT molecular complexity index is 486. The van der Waals surface area contributed by atoms with E-state index < -0.39 is 7.52 Å². The molecule has 19 heavy (non-hydrogen) atoms. The van der Waals surface area contributed by atoms with E-state index in [2.05, 4.69) is 27.4 Å². The smallest absolute Gasteiger partial charge is 0.277 e. The second-order valence-corrected chi connectivity index (χ2v) is 7.57. The lowest BCUT2D eigenvalue weighted by Crippen LogP contribution is -2.33. The zero-order valence-corrected chi connectivity index (χ0v) is 12.7. The quantitative estimate of drug-likeness (QED) is 0.610. The van der Waals surface area contributed by atoms with E-state index in [9.17, 15) is 4.57 Å². The first-order chi connectivity index (χ1) is 8.99. The number of benzene rings is 1. The standard InChI is InChI=1S/C15H22NO2P/c1-5-11-19(17)16(12(2)3)13(4)15(18-19)14-9-7-6-8-10-14/h5-10,12-13,15H,1,11H2,2-4H3/t13?,15-,19?/m0/s1. The summed E-state index contributed by atoms with van der Waals surface area (Å²) in [5.74, 6) is 0. The first-order valence-corrected chi connectivity index (χ1v) is 8.48. The second-order valence-electron chi connectivity index (χ2n) is 5.26. The number of rotatable bonds is 4. The number of nitrogens with zero attached hydrogens (tertiary/aromatic N) is 1. The van der Waals surface area contributed by atoms with Gasteiger partial charge in [0.2, 0.25) is 0 Å². The van der Waals surface area contributed by atoms with Crippen LogP contribution in [0.4, 0.5) is 0 Å². The third-order valence-corrected chi connectivity index (χ3v) is 6.31. The van der Waals surface area contributed by atoms with Gasteiger partial charge in [-0.25, -0.2) is 4.67 Å². The van der Waals surface area contributed by atoms with Crippen LogP contribution in [0.15, 0.2) is 43.0 Å². The van der Waals surface area contributed by atoms with E-state index >= 15 is 0 Å². The molecule has 0 aliphatic carbocycles. The van der Waals surface area contributed by atoms with Crippen LogP contribution in [0.1, 0.15) is 32.4 Å². The molecule has 1 aromatic carbocycles. The van der Waals surface area contributed by atoms with E-state index in [1.54, 1.807) is 6.08 Å². The molecule has 1 aliphatic rings. The maximum atomic E-state index is 13.0. The zero-order chi connectivity index (χ0) is 14.0. The normalized spacial score (nSPS) is 31.8. The molecule has 0 spiro atoms. The molecule has 104 valence electrons. The largest absolute Gasteiger partial charge is 0.307 e. The molecule has 0 aromatic heterocycles. The Balaban J connectivity index is 2.36. The Morgan fingerprint density at radius 2 is 2.05 bits per heavy atom. The molecule has 2 rings (SSSR count). The van der Waals surface area contributed by atoms with Crippen molar-refractivity contribution in [3.8, 4) is 0 Å². The molecule has 0 saturated carbocycles. The summed E-state index contributed by atoms with van der Waals surface area (Å²) in [6.07, 6.45) is 1.96. The van der Waals surface area contributed by atoms with Gasteiger partial charge in [0.25, 0.3) is 7.52 Å². The van der Waals surface area contributed by atoms with Gasteiger partial charge in [0.05, 0.1) is 6.16 Å². The third-order valence-electron chi connectivity index (χ3n) is 3.50. The van der Waals surface area contributed by atoms with Crippen molar-refractivity contribution in [1.82, 2.24) is 4.67 Å². The van der Waals surface area contributed by atoms with Gasteiger partial charge in [-0.3, -0.25) is 4.57 Å². The van der Waals surface area contributed by atoms with Crippen LogP contribution in [-0.4, -0.2) is 22.9 Å². The molecule has 1 fully saturated rings. The number of hydrogen-bond acceptors (Lipinski definition) is 2. The topological polar surface area (TPSA) is 29.5 Å². The maximum absolute atomic E-state index is 13.0. The van der Waals surface area contributed by atoms with E-state index in [4.69, 9.17) is 4.52 Å². The second kappa shape index (κ2) is 5.62.